The fourth-order valence-corrected chi connectivity index (χ4v) is 23.8. The summed E-state index contributed by atoms with van der Waals surface area (Å²) in [4.78, 5) is 4.73. The maximum absolute atomic E-state index is 6.87. The summed E-state index contributed by atoms with van der Waals surface area (Å²) in [5.41, 5.74) is -0.139. The van der Waals surface area contributed by atoms with Gasteiger partial charge in [0.05, 0.1) is 0 Å². The second-order valence-electron chi connectivity index (χ2n) is 8.87. The van der Waals surface area contributed by atoms with Crippen LogP contribution in [0.1, 0.15) is 34.1 Å². The number of rotatable bonds is 6. The van der Waals surface area contributed by atoms with E-state index in [1.54, 1.807) is 0 Å². The van der Waals surface area contributed by atoms with Gasteiger partial charge in [0.2, 0.25) is 0 Å². The van der Waals surface area contributed by atoms with E-state index in [0.29, 0.717) is 6.61 Å². The molecule has 0 unspecified atom stereocenters. The number of allylic oxidation sites excluding steroid dienone is 4. The van der Waals surface area contributed by atoms with E-state index in [-0.39, 0.29) is 30.4 Å². The van der Waals surface area contributed by atoms with Gasteiger partial charge in [0.25, 0.3) is 0 Å². The molecular formula is C16H36Cl2NO2SiTi. The van der Waals surface area contributed by atoms with Crippen molar-refractivity contribution in [1.29, 1.82) is 0 Å². The van der Waals surface area contributed by atoms with Crippen LogP contribution in [0.25, 0.3) is 0 Å². The van der Waals surface area contributed by atoms with Gasteiger partial charge in [0.15, 0.2) is 0 Å². The van der Waals surface area contributed by atoms with Crippen molar-refractivity contribution in [3.8, 4) is 0 Å². The molecule has 0 aromatic heterocycles. The third-order valence-corrected chi connectivity index (χ3v) is 18.6. The molecule has 0 radical (unpaired) electrons. The van der Waals surface area contributed by atoms with Crippen molar-refractivity contribution < 1.29 is 20.9 Å². The van der Waals surface area contributed by atoms with Gasteiger partial charge in [-0.05, 0) is 0 Å². The molecule has 0 aromatic carbocycles. The Morgan fingerprint density at radius 1 is 1.26 bits per heavy atom. The van der Waals surface area contributed by atoms with E-state index in [2.05, 4.69) is 67.7 Å². The van der Waals surface area contributed by atoms with Crippen LogP contribution in [0.3, 0.4) is 0 Å². The molecule has 0 saturated heterocycles. The zero-order valence-corrected chi connectivity index (χ0v) is 20.2. The second-order valence-corrected chi connectivity index (χ2v) is 24.0. The summed E-state index contributed by atoms with van der Waals surface area (Å²) >= 11 is -4.73. The first-order valence-electron chi connectivity index (χ1n) is 7.93. The van der Waals surface area contributed by atoms with Crippen LogP contribution in [0.15, 0.2) is 22.1 Å². The van der Waals surface area contributed by atoms with Crippen molar-refractivity contribution in [3.05, 3.63) is 22.1 Å². The average Bonchev–Trinajstić information content (AvgIpc) is 2.62. The third-order valence-electron chi connectivity index (χ3n) is 3.71. The Morgan fingerprint density at radius 2 is 1.78 bits per heavy atom. The van der Waals surface area contributed by atoms with Crippen LogP contribution >= 0.6 is 24.8 Å². The van der Waals surface area contributed by atoms with E-state index in [1.807, 2.05) is 6.92 Å². The Bertz CT molecular complexity index is 552. The van der Waals surface area contributed by atoms with E-state index in [9.17, 15) is 0 Å². The SMILES string of the molecule is Cl.Cl.[CH2]=[Ti]([CH3])([NH]C(C)(C)C)([O]CC)([O][Si](C)(C)C)[C]1=CC=CC1. The fourth-order valence-electron chi connectivity index (χ4n) is 3.87. The number of hydrogen-bond donors (Lipinski definition) is 1. The molecule has 1 aliphatic carbocycles. The summed E-state index contributed by atoms with van der Waals surface area (Å²) in [7, 11) is -1.88. The molecule has 0 atom stereocenters. The van der Waals surface area contributed by atoms with E-state index in [0.717, 1.165) is 6.42 Å². The summed E-state index contributed by atoms with van der Waals surface area (Å²) in [5.74, 6) is 0. The van der Waals surface area contributed by atoms with Gasteiger partial charge in [-0.25, -0.2) is 0 Å². The zero-order valence-electron chi connectivity index (χ0n) is 16.0. The van der Waals surface area contributed by atoms with Crippen molar-refractivity contribution in [1.82, 2.24) is 3.80 Å². The predicted molar refractivity (Wildman–Crippen MR) is 108 cm³/mol. The summed E-state index contributed by atoms with van der Waals surface area (Å²) in [5, 5.41) is 2.14. The topological polar surface area (TPSA) is 30.5 Å². The van der Waals surface area contributed by atoms with Crippen LogP contribution in [0.4, 0.5) is 0 Å². The van der Waals surface area contributed by atoms with Gasteiger partial charge in [0.1, 0.15) is 0 Å². The summed E-state index contributed by atoms with van der Waals surface area (Å²) in [6.45, 7) is 15.7. The number of hydrogen-bond acceptors (Lipinski definition) is 3. The van der Waals surface area contributed by atoms with Crippen molar-refractivity contribution in [2.75, 3.05) is 6.61 Å². The first kappa shape index (κ1) is 26.0. The molecule has 23 heavy (non-hydrogen) atoms. The minimum atomic E-state index is -4.73. The first-order valence-corrected chi connectivity index (χ1v) is 16.8. The van der Waals surface area contributed by atoms with E-state index >= 15 is 0 Å². The van der Waals surface area contributed by atoms with E-state index < -0.39 is 22.9 Å². The second kappa shape index (κ2) is 7.16. The predicted octanol–water partition coefficient (Wildman–Crippen LogP) is 5.40. The molecule has 0 fully saturated rings. The van der Waals surface area contributed by atoms with Crippen LogP contribution in [0.5, 0.6) is 0 Å². The Morgan fingerprint density at radius 3 is 2.09 bits per heavy atom. The molecule has 7 heteroatoms. The minimum absolute atomic E-state index is 0. The number of nitrogens with one attached hydrogen (secondary N) is 1. The fraction of sp³-hybridized carbons (Fsp3) is 0.688. The van der Waals surface area contributed by atoms with Gasteiger partial charge in [-0.15, -0.1) is 24.8 Å². The van der Waals surface area contributed by atoms with Gasteiger partial charge in [-0.2, -0.15) is 0 Å². The quantitative estimate of drug-likeness (QED) is 0.583. The molecule has 139 valence electrons. The number of halogens is 2. The molecular weight excluding hydrogens is 385 g/mol. The molecule has 0 saturated carbocycles. The van der Waals surface area contributed by atoms with Crippen LogP contribution in [-0.2, 0) is 20.9 Å². The maximum atomic E-state index is 6.87. The van der Waals surface area contributed by atoms with Crippen LogP contribution < -0.4 is 3.80 Å². The monoisotopic (exact) mass is 420 g/mol. The molecule has 0 spiro atoms. The summed E-state index contributed by atoms with van der Waals surface area (Å²) < 4.78 is 18.4. The van der Waals surface area contributed by atoms with Crippen molar-refractivity contribution in [2.45, 2.75) is 64.5 Å². The van der Waals surface area contributed by atoms with Gasteiger partial charge in [0, 0.05) is 0 Å². The van der Waals surface area contributed by atoms with Gasteiger partial charge in [-0.3, -0.25) is 0 Å². The molecule has 1 rings (SSSR count). The summed E-state index contributed by atoms with van der Waals surface area (Å²) in [6, 6.07) is 0. The van der Waals surface area contributed by atoms with Gasteiger partial charge < -0.3 is 0 Å². The van der Waals surface area contributed by atoms with Crippen LogP contribution in [-0.4, -0.2) is 25.3 Å². The van der Waals surface area contributed by atoms with Crippen LogP contribution in [0.2, 0.25) is 24.9 Å². The molecule has 0 aromatic rings. The van der Waals surface area contributed by atoms with Crippen molar-refractivity contribution in [3.63, 3.8) is 0 Å². The Balaban J connectivity index is 0. The molecule has 0 bridgehead atoms. The zero-order chi connectivity index (χ0) is 16.6. The first-order chi connectivity index (χ1) is 9.15. The van der Waals surface area contributed by atoms with Crippen molar-refractivity contribution >= 4 is 37.9 Å². The third kappa shape index (κ3) is 6.19. The van der Waals surface area contributed by atoms with E-state index in [4.69, 9.17) is 11.1 Å². The van der Waals surface area contributed by atoms with Gasteiger partial charge >= 0.3 is 131 Å². The Hall–Kier alpha value is 0.741. The van der Waals surface area contributed by atoms with Crippen molar-refractivity contribution in [2.24, 2.45) is 0 Å². The molecule has 1 aliphatic rings. The molecule has 0 aliphatic heterocycles. The standard InChI is InChI=1S/C5H5.C4H10N.C3H9OSi.C2H5O.CH3.CH2.2ClH.Ti/c1-2-4-5-3-1;1-4(2,3)5;1-5(2,3)4;1-2-3;;;;;/h1-3H,4H2;5H,1-3H3;1-3H3;2H2,1H3;1H3;1H2;2*1H;/q;3*-1;;;;;+3. The van der Waals surface area contributed by atoms with E-state index in [1.165, 1.54) is 3.88 Å². The molecule has 0 amide bonds. The van der Waals surface area contributed by atoms with Crippen LogP contribution in [0, 0.1) is 0 Å². The summed E-state index contributed by atoms with van der Waals surface area (Å²) in [6.07, 6.45) is 7.25. The van der Waals surface area contributed by atoms with Gasteiger partial charge in [-0.1, -0.05) is 0 Å². The molecule has 3 nitrogen and oxygen atoms in total. The normalized spacial score (nSPS) is 18.3. The Kier molecular flexibility index (Phi) is 8.09. The molecule has 0 heterocycles. The average molecular weight is 421 g/mol. The molecule has 1 N–H and O–H groups in total. The Labute approximate surface area is 155 Å².